The molecule has 0 bridgehead atoms. The lowest BCUT2D eigenvalue weighted by atomic mass is 28.5. The summed E-state index contributed by atoms with van der Waals surface area (Å²) in [5, 5.41) is 0. The van der Waals surface area contributed by atoms with E-state index in [1.807, 2.05) is 0 Å². The molecule has 0 amide bonds. The van der Waals surface area contributed by atoms with E-state index >= 15 is 0 Å². The maximum Gasteiger partial charge on any atom is -0.00561 e. The molecule has 0 aliphatic heterocycles. The molecule has 30 heteroatoms. The lowest BCUT2D eigenvalue weighted by Gasteiger charge is -2.46. The lowest BCUT2D eigenvalue weighted by Crippen LogP contribution is -1.58. The molecule has 0 aliphatic carbocycles. The normalized spacial score (nSPS) is 16.6. The molecular formula is H32P30. The van der Waals surface area contributed by atoms with E-state index in [9.17, 15) is 0 Å². The summed E-state index contributed by atoms with van der Waals surface area (Å²) < 4.78 is 0. The maximum absolute atomic E-state index is 3.26. The summed E-state index contributed by atoms with van der Waals surface area (Å²) in [6.07, 6.45) is 0. The van der Waals surface area contributed by atoms with E-state index in [4.69, 9.17) is 0 Å². The monoisotopic (exact) mass is 961 g/mol. The average Bonchev–Trinajstić information content (AvgIpc) is 2.52. The topological polar surface area (TPSA) is 0 Å². The molecule has 0 aromatic rings. The second kappa shape index (κ2) is 24.1. The molecule has 0 N–H and O–H groups in total. The molecule has 0 radical (unpaired) electrons. The van der Waals surface area contributed by atoms with E-state index in [1.54, 1.807) is 0 Å². The SMILES string of the molecule is PPP(P(P)P)P(PP(P(P(P)P)P(P)P)P(P(P)P)P(P)P)P(P(P)P)P(P)P. The highest BCUT2D eigenvalue weighted by molar-refractivity contribution is 9.38. The standard InChI is InChI=1S/H32P30/c1-16-25(18(2)3)26(28(19(4)5)20(6)7)17-27(29(21(8)9)22(10)11)30(23(12)13)24(14)15/h16-17H,1-15H2. The van der Waals surface area contributed by atoms with Gasteiger partial charge in [-0.2, -0.15) is 0 Å². The van der Waals surface area contributed by atoms with E-state index in [1.165, 1.54) is 7.96 Å². The summed E-state index contributed by atoms with van der Waals surface area (Å²) in [5.41, 5.74) is 0. The van der Waals surface area contributed by atoms with Crippen molar-refractivity contribution in [3.05, 3.63) is 0 Å². The van der Waals surface area contributed by atoms with Gasteiger partial charge in [0.25, 0.3) is 0 Å². The maximum atomic E-state index is 3.26. The van der Waals surface area contributed by atoms with Crippen molar-refractivity contribution in [2.75, 3.05) is 0 Å². The van der Waals surface area contributed by atoms with Crippen molar-refractivity contribution in [3.8, 4) is 0 Å². The fourth-order valence-electron chi connectivity index (χ4n) is 1.55. The molecule has 0 rings (SSSR count). The van der Waals surface area contributed by atoms with Crippen LogP contribution in [0.2, 0.25) is 0 Å². The molecule has 0 spiro atoms. The smallest absolute Gasteiger partial charge is 0.00561 e. The van der Waals surface area contributed by atoms with Crippen LogP contribution in [0.3, 0.4) is 0 Å². The molecule has 0 saturated heterocycles. The Morgan fingerprint density at radius 2 is 0.600 bits per heavy atom. The van der Waals surface area contributed by atoms with Gasteiger partial charge >= 0.3 is 0 Å². The molecule has 19 unspecified atom stereocenters. The molecule has 0 nitrogen and oxygen atoms in total. The summed E-state index contributed by atoms with van der Waals surface area (Å²) >= 11 is 0. The fraction of sp³-hybridized carbons (Fsp3) is 0. The minimum absolute atomic E-state index is 0.00758. The van der Waals surface area contributed by atoms with E-state index in [0.29, 0.717) is 0 Å². The second-order valence-corrected chi connectivity index (χ2v) is 123. The van der Waals surface area contributed by atoms with Gasteiger partial charge in [-0.3, -0.25) is 0 Å². The predicted octanol–water partition coefficient (Wildman–Crippen LogP) is 17.3. The van der Waals surface area contributed by atoms with Crippen LogP contribution in [0, 0.1) is 0 Å². The second-order valence-electron chi connectivity index (χ2n) is 4.56. The quantitative estimate of drug-likeness (QED) is 0.152. The van der Waals surface area contributed by atoms with Crippen molar-refractivity contribution in [1.82, 2.24) is 0 Å². The highest BCUT2D eigenvalue weighted by atomic mass is 33.4. The van der Waals surface area contributed by atoms with Gasteiger partial charge in [-0.15, -0.1) is 134 Å². The van der Waals surface area contributed by atoms with Crippen LogP contribution in [0.1, 0.15) is 0 Å². The molecule has 0 saturated carbocycles. The van der Waals surface area contributed by atoms with Crippen LogP contribution >= 0.6 is 241 Å². The molecule has 0 heterocycles. The summed E-state index contributed by atoms with van der Waals surface area (Å²) in [5.74, 6) is 0. The minimum atomic E-state index is -0.0167. The Morgan fingerprint density at radius 1 is 0.333 bits per heavy atom. The van der Waals surface area contributed by atoms with E-state index in [-0.39, 0.29) is 90.8 Å². The van der Waals surface area contributed by atoms with Gasteiger partial charge in [0.1, 0.15) is 0 Å². The third-order valence-corrected chi connectivity index (χ3v) is 198. The molecule has 30 heavy (non-hydrogen) atoms. The Hall–Kier alpha value is 12.9. The first kappa shape index (κ1) is 42.9. The Bertz CT molecular complexity index is 381. The minimum Gasteiger partial charge on any atom is -0.109 e. The third kappa shape index (κ3) is 16.5. The number of hydrogen-bond donors (Lipinski definition) is 0. The molecule has 0 aliphatic rings. The summed E-state index contributed by atoms with van der Waals surface area (Å²) in [7, 11) is 51.2. The Morgan fingerprint density at radius 3 is 0.800 bits per heavy atom. The molecular weight excluding hydrogens is 929 g/mol. The van der Waals surface area contributed by atoms with Gasteiger partial charge in [-0.25, -0.2) is 0 Å². The molecule has 0 fully saturated rings. The highest BCUT2D eigenvalue weighted by Crippen LogP contribution is 3.32. The zero-order valence-electron chi connectivity index (χ0n) is 15.5. The number of rotatable bonds is 14. The van der Waals surface area contributed by atoms with Crippen LogP contribution in [0.15, 0.2) is 0 Å². The van der Waals surface area contributed by atoms with Crippen molar-refractivity contribution in [1.29, 1.82) is 0 Å². The first-order chi connectivity index (χ1) is 13.7. The Labute approximate surface area is 238 Å². The molecule has 0 aromatic carbocycles. The van der Waals surface area contributed by atoms with Crippen LogP contribution in [0.25, 0.3) is 0 Å². The van der Waals surface area contributed by atoms with Gasteiger partial charge in [0.05, 0.1) is 0 Å². The summed E-state index contributed by atoms with van der Waals surface area (Å²) in [4.78, 5) is 0. The van der Waals surface area contributed by atoms with Gasteiger partial charge < -0.3 is 0 Å². The van der Waals surface area contributed by atoms with Crippen LogP contribution in [0.5, 0.6) is 0 Å². The van der Waals surface area contributed by atoms with Gasteiger partial charge in [-0.1, -0.05) is 7.96 Å². The predicted molar refractivity (Wildman–Crippen MR) is 252 cm³/mol. The average molecular weight is 961 g/mol. The van der Waals surface area contributed by atoms with Crippen molar-refractivity contribution in [2.45, 2.75) is 0 Å². The van der Waals surface area contributed by atoms with Crippen LogP contribution in [0.4, 0.5) is 0 Å². The number of hydrogen-bond acceptors (Lipinski definition) is 0. The van der Waals surface area contributed by atoms with Crippen LogP contribution in [-0.2, 0) is 0 Å². The van der Waals surface area contributed by atoms with Crippen LogP contribution in [-0.4, -0.2) is 0 Å². The molecule has 182 valence electrons. The Balaban J connectivity index is 6.55. The highest BCUT2D eigenvalue weighted by Gasteiger charge is 2.43. The zero-order valence-corrected chi connectivity index (χ0v) is 46.4. The van der Waals surface area contributed by atoms with Gasteiger partial charge in [0.2, 0.25) is 0 Å². The third-order valence-electron chi connectivity index (χ3n) is 2.44. The van der Waals surface area contributed by atoms with Gasteiger partial charge in [0, 0.05) is 0 Å². The van der Waals surface area contributed by atoms with E-state index in [0.717, 1.165) is 7.96 Å². The van der Waals surface area contributed by atoms with Gasteiger partial charge in [-0.05, 0) is 98.8 Å². The van der Waals surface area contributed by atoms with E-state index < -0.39 is 0 Å². The molecule has 19 atom stereocenters. The van der Waals surface area contributed by atoms with Crippen molar-refractivity contribution >= 4 is 241 Å². The Kier molecular flexibility index (Phi) is 34.5. The largest absolute Gasteiger partial charge is 0.109 e. The first-order valence-corrected chi connectivity index (χ1v) is 61.0. The fourth-order valence-corrected chi connectivity index (χ4v) is 378. The first-order valence-electron chi connectivity index (χ1n) is 6.77. The van der Waals surface area contributed by atoms with Crippen molar-refractivity contribution < 1.29 is 0 Å². The van der Waals surface area contributed by atoms with Crippen molar-refractivity contribution in [2.24, 2.45) is 0 Å². The zero-order chi connectivity index (χ0) is 23.9. The van der Waals surface area contributed by atoms with Crippen LogP contribution < -0.4 is 0 Å². The van der Waals surface area contributed by atoms with Crippen molar-refractivity contribution in [3.63, 3.8) is 0 Å². The summed E-state index contributed by atoms with van der Waals surface area (Å²) in [6, 6.07) is 0. The molecule has 0 aromatic heterocycles. The summed E-state index contributed by atoms with van der Waals surface area (Å²) in [6.45, 7) is 0.585. The van der Waals surface area contributed by atoms with E-state index in [2.05, 4.69) is 134 Å². The van der Waals surface area contributed by atoms with Gasteiger partial charge in [0.15, 0.2) is 0 Å². The lowest BCUT2D eigenvalue weighted by molar-refractivity contribution is 4.48.